The molecule has 1 aliphatic heterocycles. The van der Waals surface area contributed by atoms with Gasteiger partial charge in [0, 0.05) is 12.6 Å². The predicted octanol–water partition coefficient (Wildman–Crippen LogP) is 0.940. The number of nitrogens with two attached hydrogens (primary N) is 1. The summed E-state index contributed by atoms with van der Waals surface area (Å²) in [6.07, 6.45) is 1.29. The molecule has 3 aromatic rings. The quantitative estimate of drug-likeness (QED) is 0.647. The van der Waals surface area contributed by atoms with Gasteiger partial charge in [0.25, 0.3) is 0 Å². The summed E-state index contributed by atoms with van der Waals surface area (Å²) < 4.78 is 1.74. The maximum Gasteiger partial charge on any atom is 0.326 e. The Kier molecular flexibility index (Phi) is 3.89. The smallest absolute Gasteiger partial charge is 0.326 e. The predicted molar refractivity (Wildman–Crippen MR) is 96.3 cm³/mol. The Morgan fingerprint density at radius 3 is 2.80 bits per heavy atom. The lowest BCUT2D eigenvalue weighted by Gasteiger charge is -2.28. The second kappa shape index (κ2) is 6.22. The van der Waals surface area contributed by atoms with Crippen LogP contribution in [0.15, 0.2) is 53.3 Å². The van der Waals surface area contributed by atoms with Gasteiger partial charge < -0.3 is 16.0 Å². The number of hydrogen-bond acceptors (Lipinski definition) is 3. The molecule has 128 valence electrons. The largest absolute Gasteiger partial charge is 0.368 e. The number of H-pyrrole nitrogens is 1. The van der Waals surface area contributed by atoms with Crippen molar-refractivity contribution >= 4 is 16.9 Å². The van der Waals surface area contributed by atoms with Gasteiger partial charge in [-0.05, 0) is 30.0 Å². The molecule has 0 spiro atoms. The van der Waals surface area contributed by atoms with E-state index >= 15 is 0 Å². The third-order valence-corrected chi connectivity index (χ3v) is 4.81. The number of para-hydroxylation sites is 1. The number of nitrogens with one attached hydrogen (secondary N) is 2. The van der Waals surface area contributed by atoms with Gasteiger partial charge in [-0.3, -0.25) is 9.36 Å². The van der Waals surface area contributed by atoms with Gasteiger partial charge in [0.2, 0.25) is 5.91 Å². The molecule has 1 aromatic heterocycles. The fourth-order valence-corrected chi connectivity index (χ4v) is 3.67. The molecule has 1 unspecified atom stereocenters. The number of benzene rings is 2. The minimum absolute atomic E-state index is 0.0205. The van der Waals surface area contributed by atoms with Crippen LogP contribution in [0, 0.1) is 0 Å². The maximum absolute atomic E-state index is 12.2. The molecular weight excluding hydrogens is 316 g/mol. The van der Waals surface area contributed by atoms with Crippen molar-refractivity contribution in [3.63, 3.8) is 0 Å². The second-order valence-electron chi connectivity index (χ2n) is 6.57. The molecule has 0 bridgehead atoms. The molecule has 2 aromatic carbocycles. The monoisotopic (exact) mass is 336 g/mol. The number of imidazole rings is 1. The Morgan fingerprint density at radius 2 is 2.04 bits per heavy atom. The summed E-state index contributed by atoms with van der Waals surface area (Å²) in [6, 6.07) is 15.2. The van der Waals surface area contributed by atoms with Crippen LogP contribution in [0.4, 0.5) is 0 Å². The summed E-state index contributed by atoms with van der Waals surface area (Å²) in [5.41, 5.74) is 9.46. The van der Waals surface area contributed by atoms with Crippen LogP contribution in [0.25, 0.3) is 11.0 Å². The highest BCUT2D eigenvalue weighted by Gasteiger charge is 2.26. The van der Waals surface area contributed by atoms with Crippen molar-refractivity contribution in [2.75, 3.05) is 0 Å². The Bertz CT molecular complexity index is 974. The van der Waals surface area contributed by atoms with E-state index in [9.17, 15) is 9.59 Å². The van der Waals surface area contributed by atoms with E-state index in [0.717, 1.165) is 28.6 Å². The van der Waals surface area contributed by atoms with E-state index in [4.69, 9.17) is 5.73 Å². The van der Waals surface area contributed by atoms with Gasteiger partial charge in [0.15, 0.2) is 0 Å². The average Bonchev–Trinajstić information content (AvgIpc) is 2.93. The summed E-state index contributed by atoms with van der Waals surface area (Å²) >= 11 is 0. The summed E-state index contributed by atoms with van der Waals surface area (Å²) in [6.45, 7) is 0.522. The Hall–Kier alpha value is -2.86. The molecule has 6 heteroatoms. The number of carbonyl (C=O) groups excluding carboxylic acids is 1. The molecule has 4 N–H and O–H groups in total. The molecule has 0 saturated heterocycles. The first-order valence-electron chi connectivity index (χ1n) is 8.41. The van der Waals surface area contributed by atoms with Crippen molar-refractivity contribution in [2.45, 2.75) is 31.5 Å². The highest BCUT2D eigenvalue weighted by Crippen LogP contribution is 2.22. The fourth-order valence-electron chi connectivity index (χ4n) is 3.67. The minimum atomic E-state index is -0.470. The third kappa shape index (κ3) is 2.96. The number of rotatable bonds is 5. The fraction of sp³-hybridized carbons (Fsp3) is 0.263. The molecule has 4 rings (SSSR count). The van der Waals surface area contributed by atoms with Crippen molar-refractivity contribution < 1.29 is 4.79 Å². The maximum atomic E-state index is 12.2. The van der Waals surface area contributed by atoms with Gasteiger partial charge in [0.05, 0.1) is 17.1 Å². The summed E-state index contributed by atoms with van der Waals surface area (Å²) in [5, 5.41) is 3.36. The molecule has 0 fully saturated rings. The first kappa shape index (κ1) is 15.7. The Balaban J connectivity index is 1.57. The van der Waals surface area contributed by atoms with Gasteiger partial charge in [0.1, 0.15) is 0 Å². The third-order valence-electron chi connectivity index (χ3n) is 4.81. The molecule has 1 aliphatic rings. The number of carbonyl (C=O) groups is 1. The molecule has 0 radical (unpaired) electrons. The molecule has 25 heavy (non-hydrogen) atoms. The lowest BCUT2D eigenvalue weighted by atomic mass is 9.98. The Morgan fingerprint density at radius 1 is 1.24 bits per heavy atom. The van der Waals surface area contributed by atoms with Crippen LogP contribution >= 0.6 is 0 Å². The van der Waals surface area contributed by atoms with Gasteiger partial charge in [-0.2, -0.15) is 0 Å². The molecule has 0 aliphatic carbocycles. The lowest BCUT2D eigenvalue weighted by molar-refractivity contribution is -0.120. The van der Waals surface area contributed by atoms with E-state index in [1.54, 1.807) is 4.57 Å². The topological polar surface area (TPSA) is 92.9 Å². The highest BCUT2D eigenvalue weighted by molar-refractivity contribution is 5.81. The van der Waals surface area contributed by atoms with Gasteiger partial charge in [-0.15, -0.1) is 0 Å². The van der Waals surface area contributed by atoms with Crippen molar-refractivity contribution in [1.82, 2.24) is 14.9 Å². The van der Waals surface area contributed by atoms with Crippen LogP contribution in [0.2, 0.25) is 0 Å². The van der Waals surface area contributed by atoms with Crippen molar-refractivity contribution in [2.24, 2.45) is 5.73 Å². The first-order valence-corrected chi connectivity index (χ1v) is 8.41. The van der Waals surface area contributed by atoms with E-state index in [0.29, 0.717) is 13.0 Å². The van der Waals surface area contributed by atoms with Crippen LogP contribution in [-0.4, -0.2) is 27.5 Å². The molecule has 1 amide bonds. The molecule has 2 atom stereocenters. The standard InChI is InChI=1S/C19H20N4O2/c20-18(24)16(9-12-5-2-1-3-6-12)21-14-10-13-7-4-8-15-17(13)23(11-14)19(25)22-15/h1-8,14,16,21H,9-11H2,(H2,20,24)(H,22,25)/t14?,16-/m0/s1. The van der Waals surface area contributed by atoms with Crippen LogP contribution in [0.3, 0.4) is 0 Å². The highest BCUT2D eigenvalue weighted by atomic mass is 16.1. The van der Waals surface area contributed by atoms with Crippen LogP contribution < -0.4 is 16.7 Å². The number of nitrogens with zero attached hydrogens (tertiary/aromatic N) is 1. The zero-order valence-electron chi connectivity index (χ0n) is 13.7. The summed E-state index contributed by atoms with van der Waals surface area (Å²) in [7, 11) is 0. The second-order valence-corrected chi connectivity index (χ2v) is 6.57. The summed E-state index contributed by atoms with van der Waals surface area (Å²) in [4.78, 5) is 27.0. The SMILES string of the molecule is NC(=O)[C@H](Cc1ccccc1)NC1Cc2cccc3[nH]c(=O)n(c23)C1. The number of aromatic nitrogens is 2. The zero-order chi connectivity index (χ0) is 17.4. The minimum Gasteiger partial charge on any atom is -0.368 e. The van der Waals surface area contributed by atoms with E-state index in [-0.39, 0.29) is 17.6 Å². The normalized spacial score (nSPS) is 17.5. The molecular formula is C19H20N4O2. The molecule has 6 nitrogen and oxygen atoms in total. The number of hydrogen-bond donors (Lipinski definition) is 3. The van der Waals surface area contributed by atoms with E-state index in [2.05, 4.69) is 10.3 Å². The van der Waals surface area contributed by atoms with Gasteiger partial charge >= 0.3 is 5.69 Å². The van der Waals surface area contributed by atoms with Crippen LogP contribution in [0.5, 0.6) is 0 Å². The van der Waals surface area contributed by atoms with Crippen molar-refractivity contribution in [3.05, 3.63) is 70.1 Å². The van der Waals surface area contributed by atoms with E-state index in [1.165, 1.54) is 0 Å². The molecule has 0 saturated carbocycles. The van der Waals surface area contributed by atoms with Gasteiger partial charge in [-0.25, -0.2) is 4.79 Å². The lowest BCUT2D eigenvalue weighted by Crippen LogP contribution is -2.51. The number of amides is 1. The molecule has 2 heterocycles. The van der Waals surface area contributed by atoms with E-state index < -0.39 is 6.04 Å². The zero-order valence-corrected chi connectivity index (χ0v) is 13.7. The van der Waals surface area contributed by atoms with Crippen LogP contribution in [0.1, 0.15) is 11.1 Å². The average molecular weight is 336 g/mol. The van der Waals surface area contributed by atoms with Crippen LogP contribution in [-0.2, 0) is 24.2 Å². The van der Waals surface area contributed by atoms with Crippen molar-refractivity contribution in [3.8, 4) is 0 Å². The first-order chi connectivity index (χ1) is 12.1. The summed E-state index contributed by atoms with van der Waals surface area (Å²) in [5.74, 6) is -0.380. The van der Waals surface area contributed by atoms with Crippen molar-refractivity contribution in [1.29, 1.82) is 0 Å². The van der Waals surface area contributed by atoms with E-state index in [1.807, 2.05) is 48.5 Å². The Labute approximate surface area is 144 Å². The van der Waals surface area contributed by atoms with Gasteiger partial charge in [-0.1, -0.05) is 42.5 Å². The number of primary amides is 1. The number of aromatic amines is 1.